The van der Waals surface area contributed by atoms with Gasteiger partial charge in [-0.3, -0.25) is 9.89 Å². The molecule has 1 aromatic heterocycles. The molecule has 2 amide bonds. The molecule has 0 unspecified atom stereocenters. The van der Waals surface area contributed by atoms with E-state index >= 15 is 0 Å². The summed E-state index contributed by atoms with van der Waals surface area (Å²) in [5.41, 5.74) is 0.587. The summed E-state index contributed by atoms with van der Waals surface area (Å²) >= 11 is 0. The first-order chi connectivity index (χ1) is 8.50. The van der Waals surface area contributed by atoms with E-state index in [4.69, 9.17) is 5.11 Å². The van der Waals surface area contributed by atoms with Crippen molar-refractivity contribution in [2.75, 3.05) is 11.9 Å². The van der Waals surface area contributed by atoms with Crippen molar-refractivity contribution in [3.05, 3.63) is 12.4 Å². The lowest BCUT2D eigenvalue weighted by atomic mass is 10.2. The number of carboxylic acids is 1. The first-order valence-electron chi connectivity index (χ1n) is 5.79. The normalized spacial score (nSPS) is 10.4. The minimum Gasteiger partial charge on any atom is -0.481 e. The highest BCUT2D eigenvalue weighted by molar-refractivity contribution is 5.89. The third kappa shape index (κ3) is 4.44. The minimum atomic E-state index is -0.853. The fraction of sp³-hybridized carbons (Fsp3) is 0.545. The molecular weight excluding hydrogens is 236 g/mol. The number of aliphatic carboxylic acids is 1. The van der Waals surface area contributed by atoms with Gasteiger partial charge < -0.3 is 15.3 Å². The molecule has 0 spiro atoms. The topological polar surface area (TPSA) is 98.3 Å². The molecular formula is C11H18N4O3. The Bertz CT molecular complexity index is 389. The van der Waals surface area contributed by atoms with Gasteiger partial charge in [-0.05, 0) is 20.3 Å². The summed E-state index contributed by atoms with van der Waals surface area (Å²) in [6.07, 6.45) is 3.58. The molecule has 0 aliphatic carbocycles. The van der Waals surface area contributed by atoms with E-state index in [1.807, 2.05) is 13.8 Å². The third-order valence-corrected chi connectivity index (χ3v) is 2.42. The molecule has 0 saturated heterocycles. The lowest BCUT2D eigenvalue weighted by Gasteiger charge is -2.26. The van der Waals surface area contributed by atoms with Crippen molar-refractivity contribution in [1.29, 1.82) is 0 Å². The van der Waals surface area contributed by atoms with Crippen LogP contribution in [-0.2, 0) is 4.79 Å². The van der Waals surface area contributed by atoms with Gasteiger partial charge in [-0.2, -0.15) is 5.10 Å². The molecule has 100 valence electrons. The van der Waals surface area contributed by atoms with Crippen molar-refractivity contribution >= 4 is 17.7 Å². The molecule has 1 heterocycles. The fourth-order valence-electron chi connectivity index (χ4n) is 1.51. The Hall–Kier alpha value is -2.05. The first kappa shape index (κ1) is 14.0. The molecule has 0 saturated carbocycles. The maximum Gasteiger partial charge on any atom is 0.322 e. The molecule has 0 aliphatic heterocycles. The number of H-pyrrole nitrogens is 1. The Morgan fingerprint density at radius 3 is 2.78 bits per heavy atom. The maximum atomic E-state index is 12.0. The van der Waals surface area contributed by atoms with Crippen LogP contribution in [0.1, 0.15) is 26.7 Å². The van der Waals surface area contributed by atoms with E-state index in [-0.39, 0.29) is 18.5 Å². The zero-order valence-electron chi connectivity index (χ0n) is 10.5. The molecule has 18 heavy (non-hydrogen) atoms. The number of hydrogen-bond donors (Lipinski definition) is 3. The minimum absolute atomic E-state index is 0.00527. The lowest BCUT2D eigenvalue weighted by molar-refractivity contribution is -0.137. The second-order valence-electron chi connectivity index (χ2n) is 4.20. The second-order valence-corrected chi connectivity index (χ2v) is 4.20. The van der Waals surface area contributed by atoms with Crippen LogP contribution in [0.2, 0.25) is 0 Å². The number of carbonyl (C=O) groups is 2. The molecule has 0 aliphatic rings. The summed E-state index contributed by atoms with van der Waals surface area (Å²) in [5.74, 6) is -0.853. The van der Waals surface area contributed by atoms with E-state index in [9.17, 15) is 9.59 Å². The van der Waals surface area contributed by atoms with Gasteiger partial charge in [0.1, 0.15) is 0 Å². The fourth-order valence-corrected chi connectivity index (χ4v) is 1.51. The largest absolute Gasteiger partial charge is 0.481 e. The molecule has 7 heteroatoms. The average molecular weight is 254 g/mol. The van der Waals surface area contributed by atoms with E-state index < -0.39 is 5.97 Å². The highest BCUT2D eigenvalue weighted by Crippen LogP contribution is 2.08. The zero-order valence-corrected chi connectivity index (χ0v) is 10.5. The Kier molecular flexibility index (Phi) is 5.16. The number of amides is 2. The maximum absolute atomic E-state index is 12.0. The highest BCUT2D eigenvalue weighted by Gasteiger charge is 2.17. The summed E-state index contributed by atoms with van der Waals surface area (Å²) in [5, 5.41) is 17.6. The number of carbonyl (C=O) groups excluding carboxylic acids is 1. The smallest absolute Gasteiger partial charge is 0.322 e. The first-order valence-corrected chi connectivity index (χ1v) is 5.79. The Balaban J connectivity index is 2.50. The molecule has 0 fully saturated rings. The van der Waals surface area contributed by atoms with Crippen molar-refractivity contribution < 1.29 is 14.7 Å². The lowest BCUT2D eigenvalue weighted by Crippen LogP contribution is -2.40. The van der Waals surface area contributed by atoms with Gasteiger partial charge in [0.05, 0.1) is 11.9 Å². The molecule has 0 atom stereocenters. The standard InChI is InChI=1S/C11H18N4O3/c1-8(2)15(5-3-4-10(16)17)11(18)14-9-6-12-13-7-9/h6-8H,3-5H2,1-2H3,(H,12,13)(H,14,18)(H,16,17). The van der Waals surface area contributed by atoms with Crippen LogP contribution in [0.4, 0.5) is 10.5 Å². The van der Waals surface area contributed by atoms with Gasteiger partial charge in [0.2, 0.25) is 0 Å². The average Bonchev–Trinajstić information content (AvgIpc) is 2.75. The number of urea groups is 1. The molecule has 1 aromatic rings. The van der Waals surface area contributed by atoms with E-state index in [0.29, 0.717) is 18.7 Å². The summed E-state index contributed by atoms with van der Waals surface area (Å²) in [4.78, 5) is 24.0. The van der Waals surface area contributed by atoms with E-state index in [2.05, 4.69) is 15.5 Å². The quantitative estimate of drug-likeness (QED) is 0.716. The van der Waals surface area contributed by atoms with Crippen LogP contribution in [0.3, 0.4) is 0 Å². The monoisotopic (exact) mass is 254 g/mol. The summed E-state index contributed by atoms with van der Waals surface area (Å²) in [7, 11) is 0. The molecule has 0 aromatic carbocycles. The van der Waals surface area contributed by atoms with E-state index in [0.717, 1.165) is 0 Å². The van der Waals surface area contributed by atoms with Gasteiger partial charge in [-0.25, -0.2) is 4.79 Å². The highest BCUT2D eigenvalue weighted by atomic mass is 16.4. The van der Waals surface area contributed by atoms with Gasteiger partial charge in [0.25, 0.3) is 0 Å². The number of nitrogens with one attached hydrogen (secondary N) is 2. The number of nitrogens with zero attached hydrogens (tertiary/aromatic N) is 2. The summed E-state index contributed by atoms with van der Waals surface area (Å²) in [6, 6.07) is -0.248. The predicted octanol–water partition coefficient (Wildman–Crippen LogP) is 1.52. The van der Waals surface area contributed by atoms with Gasteiger partial charge in [0.15, 0.2) is 0 Å². The van der Waals surface area contributed by atoms with Crippen LogP contribution in [0.15, 0.2) is 12.4 Å². The van der Waals surface area contributed by atoms with Gasteiger partial charge in [-0.15, -0.1) is 0 Å². The van der Waals surface area contributed by atoms with Crippen molar-refractivity contribution in [3.8, 4) is 0 Å². The predicted molar refractivity (Wildman–Crippen MR) is 66.3 cm³/mol. The molecule has 0 bridgehead atoms. The number of aromatic amines is 1. The summed E-state index contributed by atoms with van der Waals surface area (Å²) < 4.78 is 0. The number of aromatic nitrogens is 2. The molecule has 0 radical (unpaired) electrons. The second kappa shape index (κ2) is 6.63. The number of anilines is 1. The van der Waals surface area contributed by atoms with Crippen molar-refractivity contribution in [3.63, 3.8) is 0 Å². The van der Waals surface area contributed by atoms with Crippen LogP contribution in [0.5, 0.6) is 0 Å². The Labute approximate surface area is 105 Å². The Morgan fingerprint density at radius 2 is 2.28 bits per heavy atom. The zero-order chi connectivity index (χ0) is 13.5. The van der Waals surface area contributed by atoms with E-state index in [1.54, 1.807) is 11.1 Å². The number of hydrogen-bond acceptors (Lipinski definition) is 3. The van der Waals surface area contributed by atoms with Crippen LogP contribution in [-0.4, -0.2) is 44.8 Å². The van der Waals surface area contributed by atoms with Crippen molar-refractivity contribution in [2.45, 2.75) is 32.7 Å². The van der Waals surface area contributed by atoms with Gasteiger partial charge in [0, 0.05) is 25.2 Å². The third-order valence-electron chi connectivity index (χ3n) is 2.42. The SMILES string of the molecule is CC(C)N(CCCC(=O)O)C(=O)Nc1cn[nH]c1. The van der Waals surface area contributed by atoms with Crippen LogP contribution >= 0.6 is 0 Å². The Morgan fingerprint density at radius 1 is 1.56 bits per heavy atom. The van der Waals surface area contributed by atoms with Gasteiger partial charge >= 0.3 is 12.0 Å². The summed E-state index contributed by atoms with van der Waals surface area (Å²) in [6.45, 7) is 4.18. The van der Waals surface area contributed by atoms with Crippen LogP contribution in [0, 0.1) is 0 Å². The van der Waals surface area contributed by atoms with Gasteiger partial charge in [-0.1, -0.05) is 0 Å². The van der Waals surface area contributed by atoms with Crippen molar-refractivity contribution in [1.82, 2.24) is 15.1 Å². The van der Waals surface area contributed by atoms with E-state index in [1.165, 1.54) is 6.20 Å². The van der Waals surface area contributed by atoms with Crippen LogP contribution < -0.4 is 5.32 Å². The molecule has 3 N–H and O–H groups in total. The number of carboxylic acid groups (broad SMARTS) is 1. The molecule has 7 nitrogen and oxygen atoms in total. The number of rotatable bonds is 6. The molecule has 1 rings (SSSR count). The van der Waals surface area contributed by atoms with Crippen molar-refractivity contribution in [2.24, 2.45) is 0 Å². The van der Waals surface area contributed by atoms with Crippen LogP contribution in [0.25, 0.3) is 0 Å².